The molecule has 2 unspecified atom stereocenters. The van der Waals surface area contributed by atoms with Crippen LogP contribution in [0.4, 0.5) is 11.6 Å². The van der Waals surface area contributed by atoms with Crippen molar-refractivity contribution in [3.05, 3.63) is 11.9 Å². The van der Waals surface area contributed by atoms with Gasteiger partial charge in [-0.25, -0.2) is 9.97 Å². The Kier molecular flexibility index (Phi) is 4.81. The highest BCUT2D eigenvalue weighted by molar-refractivity contribution is 5.50. The minimum Gasteiger partial charge on any atom is -0.372 e. The van der Waals surface area contributed by atoms with Crippen molar-refractivity contribution < 1.29 is 4.74 Å². The molecule has 0 saturated carbocycles. The van der Waals surface area contributed by atoms with Gasteiger partial charge in [-0.1, -0.05) is 13.8 Å². The van der Waals surface area contributed by atoms with E-state index in [9.17, 15) is 0 Å². The van der Waals surface area contributed by atoms with E-state index in [1.807, 2.05) is 6.07 Å². The number of nitrogens with zero attached hydrogens (tertiary/aromatic N) is 3. The summed E-state index contributed by atoms with van der Waals surface area (Å²) in [6.45, 7) is 13.2. The second kappa shape index (κ2) is 6.39. The first kappa shape index (κ1) is 15.0. The van der Waals surface area contributed by atoms with Crippen LogP contribution in [-0.2, 0) is 4.74 Å². The topological polar surface area (TPSA) is 50.3 Å². The standard InChI is InChI=1S/C15H26N4O/c1-6-16-13-7-14(18-15(17-13)10(2)3)19-8-11(4)20-12(5)9-19/h7,10-12H,6,8-9H2,1-5H3,(H,16,17,18). The molecule has 2 heterocycles. The average molecular weight is 278 g/mol. The van der Waals surface area contributed by atoms with Crippen LogP contribution < -0.4 is 10.2 Å². The highest BCUT2D eigenvalue weighted by Gasteiger charge is 2.24. The second-order valence-electron chi connectivity index (χ2n) is 5.82. The lowest BCUT2D eigenvalue weighted by Gasteiger charge is -2.36. The van der Waals surface area contributed by atoms with Gasteiger partial charge in [0.2, 0.25) is 0 Å². The summed E-state index contributed by atoms with van der Waals surface area (Å²) in [5.41, 5.74) is 0. The first-order valence-corrected chi connectivity index (χ1v) is 7.52. The van der Waals surface area contributed by atoms with E-state index < -0.39 is 0 Å². The quantitative estimate of drug-likeness (QED) is 0.917. The van der Waals surface area contributed by atoms with Crippen LogP contribution in [0.15, 0.2) is 6.07 Å². The SMILES string of the molecule is CCNc1cc(N2CC(C)OC(C)C2)nc(C(C)C)n1. The Bertz CT molecular complexity index is 439. The molecule has 112 valence electrons. The largest absolute Gasteiger partial charge is 0.372 e. The summed E-state index contributed by atoms with van der Waals surface area (Å²) in [5.74, 6) is 3.13. The molecule has 2 rings (SSSR count). The molecule has 0 spiro atoms. The maximum Gasteiger partial charge on any atom is 0.135 e. The number of hydrogen-bond donors (Lipinski definition) is 1. The highest BCUT2D eigenvalue weighted by Crippen LogP contribution is 2.23. The van der Waals surface area contributed by atoms with Crippen molar-refractivity contribution >= 4 is 11.6 Å². The number of ether oxygens (including phenoxy) is 1. The molecule has 20 heavy (non-hydrogen) atoms. The lowest BCUT2D eigenvalue weighted by molar-refractivity contribution is -0.00547. The molecule has 5 nitrogen and oxygen atoms in total. The third kappa shape index (κ3) is 3.60. The number of hydrogen-bond acceptors (Lipinski definition) is 5. The first-order chi connectivity index (χ1) is 9.49. The van der Waals surface area contributed by atoms with E-state index in [4.69, 9.17) is 9.72 Å². The molecule has 0 aromatic carbocycles. The zero-order valence-corrected chi connectivity index (χ0v) is 13.2. The third-order valence-electron chi connectivity index (χ3n) is 3.35. The molecule has 0 amide bonds. The van der Waals surface area contributed by atoms with Crippen LogP contribution in [0.2, 0.25) is 0 Å². The Labute approximate surface area is 121 Å². The molecule has 5 heteroatoms. The zero-order valence-electron chi connectivity index (χ0n) is 13.2. The number of aromatic nitrogens is 2. The molecular weight excluding hydrogens is 252 g/mol. The van der Waals surface area contributed by atoms with Crippen molar-refractivity contribution in [3.8, 4) is 0 Å². The van der Waals surface area contributed by atoms with Gasteiger partial charge in [0.1, 0.15) is 17.5 Å². The van der Waals surface area contributed by atoms with E-state index in [0.29, 0.717) is 5.92 Å². The Hall–Kier alpha value is -1.36. The van der Waals surface area contributed by atoms with E-state index in [0.717, 1.165) is 37.1 Å². The molecule has 0 radical (unpaired) electrons. The smallest absolute Gasteiger partial charge is 0.135 e. The van der Waals surface area contributed by atoms with Crippen molar-refractivity contribution in [2.45, 2.75) is 52.7 Å². The number of rotatable bonds is 4. The van der Waals surface area contributed by atoms with Crippen LogP contribution in [0.5, 0.6) is 0 Å². The molecule has 1 fully saturated rings. The van der Waals surface area contributed by atoms with Gasteiger partial charge in [-0.2, -0.15) is 0 Å². The molecule has 1 aliphatic heterocycles. The summed E-state index contributed by atoms with van der Waals surface area (Å²) < 4.78 is 5.79. The molecule has 0 aliphatic carbocycles. The fourth-order valence-corrected chi connectivity index (χ4v) is 2.51. The van der Waals surface area contributed by atoms with Crippen molar-refractivity contribution in [1.29, 1.82) is 0 Å². The van der Waals surface area contributed by atoms with E-state index >= 15 is 0 Å². The molecule has 0 bridgehead atoms. The summed E-state index contributed by atoms with van der Waals surface area (Å²) in [5, 5.41) is 3.30. The minimum absolute atomic E-state index is 0.235. The van der Waals surface area contributed by atoms with Gasteiger partial charge in [-0.15, -0.1) is 0 Å². The maximum atomic E-state index is 5.79. The van der Waals surface area contributed by atoms with Gasteiger partial charge in [0.15, 0.2) is 0 Å². The van der Waals surface area contributed by atoms with Gasteiger partial charge in [0, 0.05) is 31.6 Å². The summed E-state index contributed by atoms with van der Waals surface area (Å²) in [7, 11) is 0. The molecule has 1 saturated heterocycles. The van der Waals surface area contributed by atoms with Gasteiger partial charge in [0.05, 0.1) is 12.2 Å². The van der Waals surface area contributed by atoms with Crippen molar-refractivity contribution in [2.75, 3.05) is 29.9 Å². The summed E-state index contributed by atoms with van der Waals surface area (Å²) in [6.07, 6.45) is 0.470. The van der Waals surface area contributed by atoms with Crippen LogP contribution in [0.3, 0.4) is 0 Å². The third-order valence-corrected chi connectivity index (χ3v) is 3.35. The van der Waals surface area contributed by atoms with Crippen LogP contribution in [0.25, 0.3) is 0 Å². The molecule has 1 aromatic heterocycles. The van der Waals surface area contributed by atoms with Gasteiger partial charge >= 0.3 is 0 Å². The molecule has 2 atom stereocenters. The molecular formula is C15H26N4O. The van der Waals surface area contributed by atoms with Gasteiger partial charge < -0.3 is 15.0 Å². The lowest BCUT2D eigenvalue weighted by atomic mass is 10.2. The monoisotopic (exact) mass is 278 g/mol. The highest BCUT2D eigenvalue weighted by atomic mass is 16.5. The Balaban J connectivity index is 2.29. The van der Waals surface area contributed by atoms with E-state index in [2.05, 4.69) is 49.8 Å². The lowest BCUT2D eigenvalue weighted by Crippen LogP contribution is -2.46. The van der Waals surface area contributed by atoms with Crippen LogP contribution in [-0.4, -0.2) is 41.8 Å². The van der Waals surface area contributed by atoms with Crippen LogP contribution in [0.1, 0.15) is 46.4 Å². The van der Waals surface area contributed by atoms with Crippen molar-refractivity contribution in [1.82, 2.24) is 9.97 Å². The summed E-state index contributed by atoms with van der Waals surface area (Å²) >= 11 is 0. The Morgan fingerprint density at radius 1 is 1.30 bits per heavy atom. The fraction of sp³-hybridized carbons (Fsp3) is 0.733. The number of nitrogens with one attached hydrogen (secondary N) is 1. The summed E-state index contributed by atoms with van der Waals surface area (Å²) in [4.78, 5) is 11.6. The molecule has 1 aromatic rings. The van der Waals surface area contributed by atoms with E-state index in [-0.39, 0.29) is 12.2 Å². The minimum atomic E-state index is 0.235. The molecule has 1 aliphatic rings. The van der Waals surface area contributed by atoms with E-state index in [1.54, 1.807) is 0 Å². The Morgan fingerprint density at radius 2 is 1.95 bits per heavy atom. The molecule has 1 N–H and O–H groups in total. The Morgan fingerprint density at radius 3 is 2.50 bits per heavy atom. The normalized spacial score (nSPS) is 23.2. The summed E-state index contributed by atoms with van der Waals surface area (Å²) in [6, 6.07) is 2.04. The van der Waals surface area contributed by atoms with Gasteiger partial charge in [-0.3, -0.25) is 0 Å². The first-order valence-electron chi connectivity index (χ1n) is 7.52. The second-order valence-corrected chi connectivity index (χ2v) is 5.82. The maximum absolute atomic E-state index is 5.79. The average Bonchev–Trinajstić information content (AvgIpc) is 2.37. The van der Waals surface area contributed by atoms with E-state index in [1.165, 1.54) is 0 Å². The number of morpholine rings is 1. The predicted molar refractivity (Wildman–Crippen MR) is 82.5 cm³/mol. The van der Waals surface area contributed by atoms with Crippen LogP contribution >= 0.6 is 0 Å². The van der Waals surface area contributed by atoms with Gasteiger partial charge in [0.25, 0.3) is 0 Å². The van der Waals surface area contributed by atoms with Crippen molar-refractivity contribution in [3.63, 3.8) is 0 Å². The predicted octanol–water partition coefficient (Wildman–Crippen LogP) is 2.65. The van der Waals surface area contributed by atoms with Gasteiger partial charge in [-0.05, 0) is 20.8 Å². The van der Waals surface area contributed by atoms with Crippen molar-refractivity contribution in [2.24, 2.45) is 0 Å². The number of anilines is 2. The zero-order chi connectivity index (χ0) is 14.7. The van der Waals surface area contributed by atoms with Crippen LogP contribution in [0, 0.1) is 0 Å². The fourth-order valence-electron chi connectivity index (χ4n) is 2.51.